The fourth-order valence-corrected chi connectivity index (χ4v) is 4.51. The number of hydrogen-bond acceptors (Lipinski definition) is 7. The summed E-state index contributed by atoms with van der Waals surface area (Å²) < 4.78 is 60.0. The molecule has 12 heteroatoms. The third-order valence-corrected chi connectivity index (χ3v) is 6.48. The Bertz CT molecular complexity index is 1190. The lowest BCUT2D eigenvalue weighted by Gasteiger charge is -2.31. The number of halogens is 4. The van der Waals surface area contributed by atoms with Crippen LogP contribution in [0.5, 0.6) is 5.75 Å². The number of aliphatic hydroxyl groups is 1. The van der Waals surface area contributed by atoms with E-state index in [1.165, 1.54) is 7.11 Å². The van der Waals surface area contributed by atoms with E-state index in [1.54, 1.807) is 18.2 Å². The second-order valence-corrected chi connectivity index (χ2v) is 9.50. The van der Waals surface area contributed by atoms with Crippen LogP contribution >= 0.6 is 11.6 Å². The Morgan fingerprint density at radius 1 is 1.25 bits per heavy atom. The SMILES string of the molecule is COCc1c(-c2cccc(OCCN(C)C)c2Cl)noc1-c1cnn(CC2CC(O)C2)c1C(F)(F)F. The van der Waals surface area contributed by atoms with Crippen LogP contribution in [0.25, 0.3) is 22.6 Å². The number of ether oxygens (including phenoxy) is 2. The number of aromatic nitrogens is 3. The Morgan fingerprint density at radius 3 is 2.64 bits per heavy atom. The summed E-state index contributed by atoms with van der Waals surface area (Å²) in [6.45, 7) is 1.06. The predicted octanol–water partition coefficient (Wildman–Crippen LogP) is 4.74. The van der Waals surface area contributed by atoms with Crippen molar-refractivity contribution in [2.45, 2.75) is 38.3 Å². The summed E-state index contributed by atoms with van der Waals surface area (Å²) in [5.41, 5.74) is -0.143. The van der Waals surface area contributed by atoms with E-state index in [0.717, 1.165) is 10.9 Å². The van der Waals surface area contributed by atoms with E-state index in [1.807, 2.05) is 19.0 Å². The van der Waals surface area contributed by atoms with E-state index in [0.29, 0.717) is 42.9 Å². The van der Waals surface area contributed by atoms with Crippen molar-refractivity contribution < 1.29 is 32.3 Å². The summed E-state index contributed by atoms with van der Waals surface area (Å²) in [7, 11) is 5.27. The molecule has 0 spiro atoms. The van der Waals surface area contributed by atoms with Gasteiger partial charge in [-0.05, 0) is 38.9 Å². The van der Waals surface area contributed by atoms with Gasteiger partial charge in [-0.25, -0.2) is 0 Å². The molecule has 196 valence electrons. The first kappa shape index (κ1) is 26.5. The number of aliphatic hydroxyl groups excluding tert-OH is 1. The van der Waals surface area contributed by atoms with E-state index in [-0.39, 0.29) is 41.1 Å². The fourth-order valence-electron chi connectivity index (χ4n) is 4.24. The van der Waals surface area contributed by atoms with E-state index in [2.05, 4.69) is 10.3 Å². The van der Waals surface area contributed by atoms with Gasteiger partial charge in [0, 0.05) is 25.8 Å². The third-order valence-electron chi connectivity index (χ3n) is 6.09. The fraction of sp³-hybridized carbons (Fsp3) is 0.500. The molecule has 3 aromatic rings. The van der Waals surface area contributed by atoms with Crippen molar-refractivity contribution in [3.8, 4) is 28.3 Å². The van der Waals surface area contributed by atoms with Crippen molar-refractivity contribution >= 4 is 11.6 Å². The average molecular weight is 529 g/mol. The Labute approximate surface area is 211 Å². The van der Waals surface area contributed by atoms with Crippen LogP contribution in [0.1, 0.15) is 24.1 Å². The van der Waals surface area contributed by atoms with Crippen molar-refractivity contribution in [2.75, 3.05) is 34.4 Å². The normalized spacial score (nSPS) is 18.0. The van der Waals surface area contributed by atoms with E-state index < -0.39 is 18.0 Å². The zero-order chi connectivity index (χ0) is 26.0. The molecule has 0 radical (unpaired) electrons. The van der Waals surface area contributed by atoms with Gasteiger partial charge >= 0.3 is 6.18 Å². The van der Waals surface area contributed by atoms with Gasteiger partial charge in [-0.1, -0.05) is 28.9 Å². The molecule has 0 amide bonds. The van der Waals surface area contributed by atoms with Crippen LogP contribution in [0.3, 0.4) is 0 Å². The Hall–Kier alpha value is -2.60. The average Bonchev–Trinajstić information content (AvgIpc) is 3.38. The van der Waals surface area contributed by atoms with Gasteiger partial charge < -0.3 is 24.0 Å². The van der Waals surface area contributed by atoms with Crippen LogP contribution in [0.4, 0.5) is 13.2 Å². The number of rotatable bonds is 10. The highest BCUT2D eigenvalue weighted by molar-refractivity contribution is 6.34. The maximum Gasteiger partial charge on any atom is 0.433 e. The van der Waals surface area contributed by atoms with E-state index in [4.69, 9.17) is 25.6 Å². The van der Waals surface area contributed by atoms with E-state index in [9.17, 15) is 18.3 Å². The standard InChI is InChI=1S/C24H28ClF3N4O4/c1-31(2)7-8-35-19-6-4-5-16(20(19)25)21-18(13-34-3)22(36-30-21)17-11-29-32(23(17)24(26,27)28)12-14-9-15(33)10-14/h4-6,11,14-15,33H,7-10,12-13H2,1-3H3. The number of nitrogens with zero attached hydrogens (tertiary/aromatic N) is 4. The van der Waals surface area contributed by atoms with Gasteiger partial charge in [-0.3, -0.25) is 4.68 Å². The Morgan fingerprint density at radius 2 is 2.00 bits per heavy atom. The van der Waals surface area contributed by atoms with Crippen LogP contribution in [-0.4, -0.2) is 65.4 Å². The first-order chi connectivity index (χ1) is 17.1. The highest BCUT2D eigenvalue weighted by atomic mass is 35.5. The topological polar surface area (TPSA) is 85.8 Å². The number of hydrogen-bond donors (Lipinski definition) is 1. The summed E-state index contributed by atoms with van der Waals surface area (Å²) in [5, 5.41) is 17.9. The van der Waals surface area contributed by atoms with Gasteiger partial charge in [0.1, 0.15) is 18.1 Å². The molecular formula is C24H28ClF3N4O4. The lowest BCUT2D eigenvalue weighted by atomic mass is 9.82. The maximum atomic E-state index is 14.2. The molecule has 1 aromatic carbocycles. The molecule has 1 saturated carbocycles. The van der Waals surface area contributed by atoms with Gasteiger partial charge in [0.2, 0.25) is 0 Å². The van der Waals surface area contributed by atoms with Gasteiger partial charge in [0.05, 0.1) is 35.1 Å². The van der Waals surface area contributed by atoms with Crippen molar-refractivity contribution in [2.24, 2.45) is 5.92 Å². The summed E-state index contributed by atoms with van der Waals surface area (Å²) >= 11 is 6.61. The predicted molar refractivity (Wildman–Crippen MR) is 127 cm³/mol. The summed E-state index contributed by atoms with van der Waals surface area (Å²) in [6.07, 6.45) is -3.15. The quantitative estimate of drug-likeness (QED) is 0.407. The molecule has 1 fully saturated rings. The molecule has 0 aliphatic heterocycles. The van der Waals surface area contributed by atoms with Crippen molar-refractivity contribution in [1.29, 1.82) is 0 Å². The first-order valence-corrected chi connectivity index (χ1v) is 11.8. The monoisotopic (exact) mass is 528 g/mol. The van der Waals surface area contributed by atoms with Gasteiger partial charge in [0.15, 0.2) is 11.5 Å². The van der Waals surface area contributed by atoms with Gasteiger partial charge in [-0.2, -0.15) is 18.3 Å². The lowest BCUT2D eigenvalue weighted by molar-refractivity contribution is -0.144. The minimum Gasteiger partial charge on any atom is -0.491 e. The van der Waals surface area contributed by atoms with E-state index >= 15 is 0 Å². The Kier molecular flexibility index (Phi) is 7.93. The number of benzene rings is 1. The first-order valence-electron chi connectivity index (χ1n) is 11.5. The van der Waals surface area contributed by atoms with Crippen molar-refractivity contribution in [3.05, 3.63) is 40.7 Å². The Balaban J connectivity index is 1.73. The maximum absolute atomic E-state index is 14.2. The highest BCUT2D eigenvalue weighted by Crippen LogP contribution is 2.44. The van der Waals surface area contributed by atoms with Crippen LogP contribution in [0, 0.1) is 5.92 Å². The molecule has 0 unspecified atom stereocenters. The zero-order valence-corrected chi connectivity index (χ0v) is 20.9. The number of methoxy groups -OCH3 is 1. The number of likely N-dealkylation sites (N-methyl/N-ethyl adjacent to an activating group) is 1. The molecular weight excluding hydrogens is 501 g/mol. The zero-order valence-electron chi connectivity index (χ0n) is 20.2. The second-order valence-electron chi connectivity index (χ2n) is 9.12. The van der Waals surface area contributed by atoms with Crippen LogP contribution < -0.4 is 4.74 Å². The molecule has 2 heterocycles. The van der Waals surface area contributed by atoms with Crippen molar-refractivity contribution in [1.82, 2.24) is 19.8 Å². The summed E-state index contributed by atoms with van der Waals surface area (Å²) in [4.78, 5) is 1.96. The molecule has 2 aromatic heterocycles. The van der Waals surface area contributed by atoms with Gasteiger partial charge in [0.25, 0.3) is 0 Å². The molecule has 1 aliphatic carbocycles. The van der Waals surface area contributed by atoms with Crippen molar-refractivity contribution in [3.63, 3.8) is 0 Å². The smallest absolute Gasteiger partial charge is 0.433 e. The molecule has 0 bridgehead atoms. The highest BCUT2D eigenvalue weighted by Gasteiger charge is 2.41. The molecule has 4 rings (SSSR count). The number of alkyl halides is 3. The minimum atomic E-state index is -4.69. The third kappa shape index (κ3) is 5.54. The summed E-state index contributed by atoms with van der Waals surface area (Å²) in [5.74, 6) is 0.260. The molecule has 0 atom stereocenters. The van der Waals surface area contributed by atoms with Crippen LogP contribution in [0.2, 0.25) is 5.02 Å². The van der Waals surface area contributed by atoms with Gasteiger partial charge in [-0.15, -0.1) is 0 Å². The van der Waals surface area contributed by atoms with Crippen LogP contribution in [0.15, 0.2) is 28.9 Å². The molecule has 36 heavy (non-hydrogen) atoms. The largest absolute Gasteiger partial charge is 0.491 e. The molecule has 8 nitrogen and oxygen atoms in total. The molecule has 0 saturated heterocycles. The summed E-state index contributed by atoms with van der Waals surface area (Å²) in [6, 6.07) is 5.13. The molecule has 1 N–H and O–H groups in total. The lowest BCUT2D eigenvalue weighted by Crippen LogP contribution is -2.33. The minimum absolute atomic E-state index is 0.0463. The second kappa shape index (κ2) is 10.8. The molecule has 1 aliphatic rings. The van der Waals surface area contributed by atoms with Crippen LogP contribution in [-0.2, 0) is 24.1 Å².